The Kier molecular flexibility index (Phi) is 4.69. The van der Waals surface area contributed by atoms with Crippen LogP contribution in [0.5, 0.6) is 0 Å². The van der Waals surface area contributed by atoms with Gasteiger partial charge in [0.15, 0.2) is 0 Å². The molecule has 2 aromatic heterocycles. The summed E-state index contributed by atoms with van der Waals surface area (Å²) in [7, 11) is 0.122. The molecule has 6 nitrogen and oxygen atoms in total. The lowest BCUT2D eigenvalue weighted by molar-refractivity contribution is 0.582. The van der Waals surface area contributed by atoms with Crippen LogP contribution in [0.15, 0.2) is 53.7 Å². The van der Waals surface area contributed by atoms with E-state index in [1.807, 2.05) is 32.0 Å². The molecule has 7 heteroatoms. The van der Waals surface area contributed by atoms with Gasteiger partial charge in [-0.2, -0.15) is 0 Å². The third-order valence-corrected chi connectivity index (χ3v) is 5.41. The number of aromatic nitrogens is 2. The van der Waals surface area contributed by atoms with Gasteiger partial charge in [-0.1, -0.05) is 6.07 Å². The van der Waals surface area contributed by atoms with Crippen molar-refractivity contribution >= 4 is 26.7 Å². The molecule has 0 aliphatic rings. The van der Waals surface area contributed by atoms with Crippen LogP contribution in [0.4, 0.5) is 5.82 Å². The monoisotopic (exact) mass is 356 g/mol. The number of rotatable bonds is 5. The maximum absolute atomic E-state index is 12.8. The highest BCUT2D eigenvalue weighted by Crippen LogP contribution is 2.24. The fourth-order valence-electron chi connectivity index (χ4n) is 2.59. The van der Waals surface area contributed by atoms with E-state index in [4.69, 9.17) is 0 Å². The number of nitrogens with one attached hydrogen (secondary N) is 1. The lowest BCUT2D eigenvalue weighted by Crippen LogP contribution is -2.24. The van der Waals surface area contributed by atoms with Crippen molar-refractivity contribution < 1.29 is 8.42 Å². The van der Waals surface area contributed by atoms with Crippen LogP contribution >= 0.6 is 0 Å². The van der Waals surface area contributed by atoms with E-state index in [0.717, 1.165) is 16.9 Å². The Morgan fingerprint density at radius 2 is 1.88 bits per heavy atom. The van der Waals surface area contributed by atoms with Crippen molar-refractivity contribution in [1.82, 2.24) is 14.7 Å². The summed E-state index contributed by atoms with van der Waals surface area (Å²) in [5.74, 6) is 0.779. The van der Waals surface area contributed by atoms with E-state index < -0.39 is 10.0 Å². The number of pyridine rings is 2. The minimum absolute atomic E-state index is 0.196. The summed E-state index contributed by atoms with van der Waals surface area (Å²) < 4.78 is 28.2. The van der Waals surface area contributed by atoms with Gasteiger partial charge in [0.2, 0.25) is 10.0 Å². The number of hydrogen-bond donors (Lipinski definition) is 1. The van der Waals surface area contributed by atoms with Gasteiger partial charge in [0, 0.05) is 38.4 Å². The van der Waals surface area contributed by atoms with Gasteiger partial charge in [0.25, 0.3) is 0 Å². The third kappa shape index (κ3) is 3.62. The molecule has 0 saturated carbocycles. The highest BCUT2D eigenvalue weighted by Gasteiger charge is 2.18. The molecule has 0 aliphatic heterocycles. The van der Waals surface area contributed by atoms with Crippen molar-refractivity contribution in [2.24, 2.45) is 0 Å². The summed E-state index contributed by atoms with van der Waals surface area (Å²) in [4.78, 5) is 10.6. The van der Waals surface area contributed by atoms with Crippen LogP contribution in [-0.4, -0.2) is 32.5 Å². The van der Waals surface area contributed by atoms with Crippen molar-refractivity contribution in [3.8, 4) is 0 Å². The zero-order valence-corrected chi connectivity index (χ0v) is 15.2. The quantitative estimate of drug-likeness (QED) is 0.760. The van der Waals surface area contributed by atoms with E-state index in [1.165, 1.54) is 0 Å². The maximum Gasteiger partial charge on any atom is 0.241 e. The second-order valence-electron chi connectivity index (χ2n) is 6.02. The lowest BCUT2D eigenvalue weighted by Gasteiger charge is -2.13. The first kappa shape index (κ1) is 17.3. The van der Waals surface area contributed by atoms with E-state index in [-0.39, 0.29) is 11.4 Å². The zero-order chi connectivity index (χ0) is 18.0. The summed E-state index contributed by atoms with van der Waals surface area (Å²) >= 11 is 0. The predicted octanol–water partition coefficient (Wildman–Crippen LogP) is 2.48. The Balaban J connectivity index is 1.91. The Labute approximate surface area is 147 Å². The van der Waals surface area contributed by atoms with Crippen LogP contribution in [0.25, 0.3) is 10.9 Å². The van der Waals surface area contributed by atoms with Crippen molar-refractivity contribution in [3.05, 3.63) is 59.9 Å². The first-order valence-electron chi connectivity index (χ1n) is 7.85. The molecule has 0 saturated heterocycles. The topological polar surface area (TPSA) is 75.2 Å². The SMILES string of the molecule is Cc1ccc(S(=O)(=O)NCc2ccnc(N(C)C)c2)c2cccnc12. The van der Waals surface area contributed by atoms with E-state index in [9.17, 15) is 8.42 Å². The Hall–Kier alpha value is -2.51. The van der Waals surface area contributed by atoms with E-state index >= 15 is 0 Å². The number of nitrogens with zero attached hydrogens (tertiary/aromatic N) is 3. The van der Waals surface area contributed by atoms with Crippen LogP contribution in [-0.2, 0) is 16.6 Å². The summed E-state index contributed by atoms with van der Waals surface area (Å²) in [5, 5.41) is 0.624. The number of benzene rings is 1. The smallest absolute Gasteiger partial charge is 0.241 e. The van der Waals surface area contributed by atoms with Gasteiger partial charge in [-0.25, -0.2) is 18.1 Å². The highest BCUT2D eigenvalue weighted by molar-refractivity contribution is 7.89. The van der Waals surface area contributed by atoms with Crippen molar-refractivity contribution in [1.29, 1.82) is 0 Å². The molecule has 130 valence electrons. The molecule has 0 fully saturated rings. The minimum Gasteiger partial charge on any atom is -0.363 e. The first-order chi connectivity index (χ1) is 11.9. The number of fused-ring (bicyclic) bond motifs is 1. The molecule has 25 heavy (non-hydrogen) atoms. The van der Waals surface area contributed by atoms with Gasteiger partial charge in [-0.15, -0.1) is 0 Å². The zero-order valence-electron chi connectivity index (χ0n) is 14.4. The highest BCUT2D eigenvalue weighted by atomic mass is 32.2. The van der Waals surface area contributed by atoms with Gasteiger partial charge in [0.05, 0.1) is 10.4 Å². The number of hydrogen-bond acceptors (Lipinski definition) is 5. The lowest BCUT2D eigenvalue weighted by atomic mass is 10.1. The van der Waals surface area contributed by atoms with Gasteiger partial charge in [-0.05, 0) is 48.4 Å². The summed E-state index contributed by atoms with van der Waals surface area (Å²) in [6.07, 6.45) is 3.34. The number of anilines is 1. The van der Waals surface area contributed by atoms with Crippen molar-refractivity contribution in [2.75, 3.05) is 19.0 Å². The average Bonchev–Trinajstić information content (AvgIpc) is 2.60. The van der Waals surface area contributed by atoms with Gasteiger partial charge in [-0.3, -0.25) is 4.98 Å². The van der Waals surface area contributed by atoms with Gasteiger partial charge in [0.1, 0.15) is 5.82 Å². The van der Waals surface area contributed by atoms with Crippen LogP contribution in [0, 0.1) is 6.92 Å². The Morgan fingerprint density at radius 1 is 1.08 bits per heavy atom. The Morgan fingerprint density at radius 3 is 2.64 bits per heavy atom. The minimum atomic E-state index is -3.66. The summed E-state index contributed by atoms with van der Waals surface area (Å²) in [6, 6.07) is 10.6. The standard InChI is InChI=1S/C18H20N4O2S/c1-13-6-7-16(15-5-4-9-20-18(13)15)25(23,24)21-12-14-8-10-19-17(11-14)22(2)3/h4-11,21H,12H2,1-3H3. The van der Waals surface area contributed by atoms with Crippen LogP contribution < -0.4 is 9.62 Å². The molecule has 0 amide bonds. The van der Waals surface area contributed by atoms with E-state index in [1.54, 1.807) is 42.7 Å². The van der Waals surface area contributed by atoms with Crippen molar-refractivity contribution in [2.45, 2.75) is 18.4 Å². The van der Waals surface area contributed by atoms with E-state index in [0.29, 0.717) is 10.9 Å². The molecule has 3 rings (SSSR count). The average molecular weight is 356 g/mol. The molecular formula is C18H20N4O2S. The van der Waals surface area contributed by atoms with Gasteiger partial charge >= 0.3 is 0 Å². The summed E-state index contributed by atoms with van der Waals surface area (Å²) in [5.41, 5.74) is 2.49. The molecule has 1 aromatic carbocycles. The largest absolute Gasteiger partial charge is 0.363 e. The molecule has 3 aromatic rings. The molecule has 0 aliphatic carbocycles. The molecule has 1 N–H and O–H groups in total. The molecule has 0 unspecified atom stereocenters. The van der Waals surface area contributed by atoms with E-state index in [2.05, 4.69) is 14.7 Å². The molecule has 0 atom stereocenters. The predicted molar refractivity (Wildman–Crippen MR) is 99.1 cm³/mol. The maximum atomic E-state index is 12.8. The van der Waals surface area contributed by atoms with Crippen LogP contribution in [0.1, 0.15) is 11.1 Å². The molecule has 0 bridgehead atoms. The molecule has 0 radical (unpaired) electrons. The first-order valence-corrected chi connectivity index (χ1v) is 9.33. The van der Waals surface area contributed by atoms with Crippen molar-refractivity contribution in [3.63, 3.8) is 0 Å². The van der Waals surface area contributed by atoms with Crippen LogP contribution in [0.3, 0.4) is 0 Å². The fraction of sp³-hybridized carbons (Fsp3) is 0.222. The third-order valence-electron chi connectivity index (χ3n) is 3.96. The second-order valence-corrected chi connectivity index (χ2v) is 7.76. The molecular weight excluding hydrogens is 336 g/mol. The number of aryl methyl sites for hydroxylation is 1. The van der Waals surface area contributed by atoms with Crippen LogP contribution in [0.2, 0.25) is 0 Å². The second kappa shape index (κ2) is 6.78. The fourth-order valence-corrected chi connectivity index (χ4v) is 3.81. The molecule has 2 heterocycles. The molecule has 0 spiro atoms. The Bertz CT molecular complexity index is 1020. The van der Waals surface area contributed by atoms with Gasteiger partial charge < -0.3 is 4.90 Å². The normalized spacial score (nSPS) is 11.6. The number of sulfonamides is 1. The summed E-state index contributed by atoms with van der Waals surface area (Å²) in [6.45, 7) is 2.11.